The first kappa shape index (κ1) is 11.3. The van der Waals surface area contributed by atoms with Gasteiger partial charge in [0, 0.05) is 6.04 Å². The molecule has 0 saturated heterocycles. The Morgan fingerprint density at radius 2 is 2.00 bits per heavy atom. The lowest BCUT2D eigenvalue weighted by atomic mass is 10.3. The first-order chi connectivity index (χ1) is 6.99. The average molecular weight is 212 g/mol. The molecule has 7 heteroatoms. The number of hydrogen-bond donors (Lipinski definition) is 4. The Balaban J connectivity index is 2.47. The third kappa shape index (κ3) is 4.30. The van der Waals surface area contributed by atoms with Gasteiger partial charge in [-0.15, -0.1) is 0 Å². The van der Waals surface area contributed by atoms with E-state index in [9.17, 15) is 4.79 Å². The fourth-order valence-corrected chi connectivity index (χ4v) is 0.968. The highest BCUT2D eigenvalue weighted by molar-refractivity contribution is 5.94. The molecule has 1 unspecified atom stereocenters. The van der Waals surface area contributed by atoms with Crippen molar-refractivity contribution in [3.63, 3.8) is 0 Å². The number of guanidine groups is 2. The summed E-state index contributed by atoms with van der Waals surface area (Å²) in [5.41, 5.74) is 15.6. The van der Waals surface area contributed by atoms with Crippen molar-refractivity contribution in [1.29, 1.82) is 0 Å². The maximum atomic E-state index is 11.4. The van der Waals surface area contributed by atoms with Gasteiger partial charge in [-0.05, 0) is 19.8 Å². The average Bonchev–Trinajstić information content (AvgIpc) is 2.86. The Labute approximate surface area is 87.8 Å². The van der Waals surface area contributed by atoms with Crippen LogP contribution in [0.5, 0.6) is 0 Å². The van der Waals surface area contributed by atoms with Crippen LogP contribution in [0.2, 0.25) is 0 Å². The van der Waals surface area contributed by atoms with Crippen molar-refractivity contribution >= 4 is 17.8 Å². The van der Waals surface area contributed by atoms with Crippen molar-refractivity contribution < 1.29 is 4.79 Å². The Bertz CT molecular complexity index is 302. The molecule has 0 aromatic carbocycles. The number of nitrogens with zero attached hydrogens (tertiary/aromatic N) is 2. The highest BCUT2D eigenvalue weighted by atomic mass is 16.2. The standard InChI is InChI=1S/C8H16N6O/c1-4(6(15)13-5-2-3-5)12-8(11)14-7(9)10/h4-5H,2-3H2,1H3,(H,13,15)(H6,9,10,11,12,14). The minimum atomic E-state index is -0.575. The summed E-state index contributed by atoms with van der Waals surface area (Å²) in [5.74, 6) is -0.425. The summed E-state index contributed by atoms with van der Waals surface area (Å²) in [5, 5.41) is 2.80. The SMILES string of the molecule is CC(N=C(N)N=C(N)N)C(=O)NC1CC1. The van der Waals surface area contributed by atoms with Gasteiger partial charge in [-0.1, -0.05) is 0 Å². The molecule has 1 aliphatic rings. The highest BCUT2D eigenvalue weighted by Crippen LogP contribution is 2.18. The molecule has 0 aromatic rings. The smallest absolute Gasteiger partial charge is 0.244 e. The van der Waals surface area contributed by atoms with Gasteiger partial charge in [0.25, 0.3) is 0 Å². The van der Waals surface area contributed by atoms with Crippen LogP contribution in [0.1, 0.15) is 19.8 Å². The molecule has 7 nitrogen and oxygen atoms in total. The van der Waals surface area contributed by atoms with E-state index in [0.29, 0.717) is 6.04 Å². The highest BCUT2D eigenvalue weighted by Gasteiger charge is 2.25. The maximum absolute atomic E-state index is 11.4. The van der Waals surface area contributed by atoms with Gasteiger partial charge >= 0.3 is 0 Å². The molecule has 1 fully saturated rings. The quantitative estimate of drug-likeness (QED) is 0.326. The van der Waals surface area contributed by atoms with Crippen molar-refractivity contribution in [3.8, 4) is 0 Å². The number of carbonyl (C=O) groups is 1. The lowest BCUT2D eigenvalue weighted by Crippen LogP contribution is -2.35. The second-order valence-corrected chi connectivity index (χ2v) is 3.48. The molecule has 1 atom stereocenters. The maximum Gasteiger partial charge on any atom is 0.244 e. The van der Waals surface area contributed by atoms with E-state index < -0.39 is 6.04 Å². The molecule has 1 amide bonds. The second kappa shape index (κ2) is 4.63. The molecular formula is C8H16N6O. The number of rotatable bonds is 3. The van der Waals surface area contributed by atoms with Gasteiger partial charge in [0.1, 0.15) is 6.04 Å². The zero-order chi connectivity index (χ0) is 11.4. The van der Waals surface area contributed by atoms with Gasteiger partial charge in [-0.25, -0.2) is 4.99 Å². The number of amides is 1. The molecule has 1 aliphatic carbocycles. The fraction of sp³-hybridized carbons (Fsp3) is 0.625. The van der Waals surface area contributed by atoms with Gasteiger partial charge in [0.05, 0.1) is 0 Å². The van der Waals surface area contributed by atoms with Crippen LogP contribution in [0.3, 0.4) is 0 Å². The summed E-state index contributed by atoms with van der Waals surface area (Å²) < 4.78 is 0. The summed E-state index contributed by atoms with van der Waals surface area (Å²) >= 11 is 0. The van der Waals surface area contributed by atoms with Crippen LogP contribution in [0.25, 0.3) is 0 Å². The topological polar surface area (TPSA) is 132 Å². The molecule has 0 aromatic heterocycles. The monoisotopic (exact) mass is 212 g/mol. The van der Waals surface area contributed by atoms with E-state index in [1.807, 2.05) is 0 Å². The number of nitrogens with two attached hydrogens (primary N) is 3. The molecule has 0 heterocycles. The van der Waals surface area contributed by atoms with E-state index in [1.54, 1.807) is 6.92 Å². The normalized spacial score (nSPS) is 18.1. The zero-order valence-corrected chi connectivity index (χ0v) is 8.60. The summed E-state index contributed by atoms with van der Waals surface area (Å²) in [6.45, 7) is 1.63. The summed E-state index contributed by atoms with van der Waals surface area (Å²) in [6.07, 6.45) is 2.07. The minimum absolute atomic E-state index is 0.0894. The van der Waals surface area contributed by atoms with Gasteiger partial charge in [-0.3, -0.25) is 4.79 Å². The molecule has 1 rings (SSSR count). The van der Waals surface area contributed by atoms with Crippen LogP contribution in [-0.2, 0) is 4.79 Å². The molecule has 0 radical (unpaired) electrons. The van der Waals surface area contributed by atoms with Gasteiger partial charge in [0.2, 0.25) is 11.9 Å². The Hall–Kier alpha value is -1.79. The summed E-state index contributed by atoms with van der Waals surface area (Å²) in [7, 11) is 0. The minimum Gasteiger partial charge on any atom is -0.370 e. The number of hydrogen-bond acceptors (Lipinski definition) is 2. The molecule has 0 aliphatic heterocycles. The first-order valence-corrected chi connectivity index (χ1v) is 4.72. The van der Waals surface area contributed by atoms with Crippen LogP contribution in [0.15, 0.2) is 9.98 Å². The number of nitrogens with one attached hydrogen (secondary N) is 1. The van der Waals surface area contributed by atoms with Crippen LogP contribution in [0, 0.1) is 0 Å². The van der Waals surface area contributed by atoms with E-state index >= 15 is 0 Å². The van der Waals surface area contributed by atoms with E-state index in [2.05, 4.69) is 15.3 Å². The molecule has 84 valence electrons. The van der Waals surface area contributed by atoms with Crippen LogP contribution in [-0.4, -0.2) is 29.9 Å². The predicted octanol–water partition coefficient (Wildman–Crippen LogP) is -1.76. The summed E-state index contributed by atoms with van der Waals surface area (Å²) in [6, 6.07) is -0.270. The molecule has 7 N–H and O–H groups in total. The third-order valence-corrected chi connectivity index (χ3v) is 1.87. The van der Waals surface area contributed by atoms with Crippen LogP contribution < -0.4 is 22.5 Å². The lowest BCUT2D eigenvalue weighted by molar-refractivity contribution is -0.122. The van der Waals surface area contributed by atoms with Crippen LogP contribution in [0.4, 0.5) is 0 Å². The van der Waals surface area contributed by atoms with Gasteiger partial charge in [0.15, 0.2) is 5.96 Å². The Morgan fingerprint density at radius 3 is 2.47 bits per heavy atom. The number of aliphatic imine (C=N–C) groups is 2. The molecular weight excluding hydrogens is 196 g/mol. The fourth-order valence-electron chi connectivity index (χ4n) is 0.968. The third-order valence-electron chi connectivity index (χ3n) is 1.87. The largest absolute Gasteiger partial charge is 0.370 e. The molecule has 0 spiro atoms. The predicted molar refractivity (Wildman–Crippen MR) is 58.1 cm³/mol. The van der Waals surface area contributed by atoms with Crippen LogP contribution >= 0.6 is 0 Å². The molecule has 0 bridgehead atoms. The van der Waals surface area contributed by atoms with E-state index in [4.69, 9.17) is 17.2 Å². The van der Waals surface area contributed by atoms with E-state index in [0.717, 1.165) is 12.8 Å². The van der Waals surface area contributed by atoms with Crippen molar-refractivity contribution in [1.82, 2.24) is 5.32 Å². The van der Waals surface area contributed by atoms with Crippen molar-refractivity contribution in [2.45, 2.75) is 31.8 Å². The summed E-state index contributed by atoms with van der Waals surface area (Å²) in [4.78, 5) is 18.8. The molecule has 15 heavy (non-hydrogen) atoms. The molecule has 1 saturated carbocycles. The van der Waals surface area contributed by atoms with Crippen molar-refractivity contribution in [2.75, 3.05) is 0 Å². The van der Waals surface area contributed by atoms with E-state index in [1.165, 1.54) is 0 Å². The Kier molecular flexibility index (Phi) is 3.48. The Morgan fingerprint density at radius 1 is 1.40 bits per heavy atom. The van der Waals surface area contributed by atoms with Crippen molar-refractivity contribution in [3.05, 3.63) is 0 Å². The van der Waals surface area contributed by atoms with Crippen molar-refractivity contribution in [2.24, 2.45) is 27.2 Å². The number of carbonyl (C=O) groups excluding carboxylic acids is 1. The van der Waals surface area contributed by atoms with Gasteiger partial charge < -0.3 is 22.5 Å². The second-order valence-electron chi connectivity index (χ2n) is 3.48. The van der Waals surface area contributed by atoms with Gasteiger partial charge in [-0.2, -0.15) is 4.99 Å². The van der Waals surface area contributed by atoms with E-state index in [-0.39, 0.29) is 17.8 Å². The first-order valence-electron chi connectivity index (χ1n) is 4.72. The lowest BCUT2D eigenvalue weighted by Gasteiger charge is -2.07. The zero-order valence-electron chi connectivity index (χ0n) is 8.60.